The number of thiazole rings is 1. The molecule has 0 spiro atoms. The minimum Gasteiger partial charge on any atom is -0.292 e. The number of hydrogen-bond donors (Lipinski definition) is 0. The molecule has 3 aromatic rings. The molecule has 0 N–H and O–H groups in total. The van der Waals surface area contributed by atoms with Crippen molar-refractivity contribution in [2.45, 2.75) is 20.3 Å². The van der Waals surface area contributed by atoms with Crippen molar-refractivity contribution in [1.29, 1.82) is 0 Å². The molecule has 0 aliphatic carbocycles. The van der Waals surface area contributed by atoms with Gasteiger partial charge in [-0.1, -0.05) is 61.0 Å². The van der Waals surface area contributed by atoms with E-state index in [1.54, 1.807) is 0 Å². The Morgan fingerprint density at radius 1 is 1.17 bits per heavy atom. The number of nitrogens with zero attached hydrogens (tertiary/aromatic N) is 1. The van der Waals surface area contributed by atoms with Gasteiger partial charge in [-0.05, 0) is 24.1 Å². The van der Waals surface area contributed by atoms with Gasteiger partial charge in [-0.15, -0.1) is 11.3 Å². The van der Waals surface area contributed by atoms with Crippen molar-refractivity contribution < 1.29 is 4.79 Å². The number of carbonyl (C=O) groups is 1. The number of benzene rings is 2. The molecule has 1 aromatic heterocycles. The van der Waals surface area contributed by atoms with Crippen molar-refractivity contribution in [3.63, 3.8) is 0 Å². The van der Waals surface area contributed by atoms with E-state index in [-0.39, 0.29) is 5.78 Å². The summed E-state index contributed by atoms with van der Waals surface area (Å²) >= 11 is 7.86. The highest BCUT2D eigenvalue weighted by molar-refractivity contribution is 7.17. The summed E-state index contributed by atoms with van der Waals surface area (Å²) in [5.41, 5.74) is 3.79. The summed E-state index contributed by atoms with van der Waals surface area (Å²) in [7, 11) is 0. The molecule has 4 heteroatoms. The third kappa shape index (κ3) is 3.21. The van der Waals surface area contributed by atoms with Crippen molar-refractivity contribution in [3.05, 3.63) is 64.1 Å². The number of ketones is 1. The van der Waals surface area contributed by atoms with E-state index in [0.29, 0.717) is 16.5 Å². The summed E-state index contributed by atoms with van der Waals surface area (Å²) < 4.78 is 0. The van der Waals surface area contributed by atoms with Gasteiger partial charge in [-0.3, -0.25) is 4.79 Å². The maximum absolute atomic E-state index is 12.1. The van der Waals surface area contributed by atoms with Crippen LogP contribution in [0.2, 0.25) is 5.02 Å². The van der Waals surface area contributed by atoms with Crippen LogP contribution in [-0.2, 0) is 0 Å². The van der Waals surface area contributed by atoms with Crippen LogP contribution in [-0.4, -0.2) is 10.8 Å². The lowest BCUT2D eigenvalue weighted by atomic mass is 10.1. The van der Waals surface area contributed by atoms with Gasteiger partial charge < -0.3 is 0 Å². The Balaban J connectivity index is 2.22. The zero-order valence-electron chi connectivity index (χ0n) is 13.0. The number of Topliss-reactive ketones (excluding diaryl/α,β-unsaturated/α-hetero) is 1. The van der Waals surface area contributed by atoms with Crippen molar-refractivity contribution in [3.8, 4) is 21.7 Å². The van der Waals surface area contributed by atoms with Gasteiger partial charge in [0.25, 0.3) is 0 Å². The van der Waals surface area contributed by atoms with Crippen LogP contribution in [0.3, 0.4) is 0 Å². The summed E-state index contributed by atoms with van der Waals surface area (Å²) in [5, 5.41) is 1.20. The topological polar surface area (TPSA) is 30.0 Å². The summed E-state index contributed by atoms with van der Waals surface area (Å²) in [6, 6.07) is 15.9. The molecule has 23 heavy (non-hydrogen) atoms. The third-order valence-corrected chi connectivity index (χ3v) is 5.06. The first-order chi connectivity index (χ1) is 11.1. The van der Waals surface area contributed by atoms with E-state index in [4.69, 9.17) is 11.6 Å². The third-order valence-electron chi connectivity index (χ3n) is 3.60. The van der Waals surface area contributed by atoms with Gasteiger partial charge in [0.15, 0.2) is 10.8 Å². The lowest BCUT2D eigenvalue weighted by molar-refractivity contribution is 0.0988. The molecule has 2 nitrogen and oxygen atoms in total. The van der Waals surface area contributed by atoms with Gasteiger partial charge >= 0.3 is 0 Å². The average molecular weight is 342 g/mol. The Kier molecular flexibility index (Phi) is 4.60. The Morgan fingerprint density at radius 2 is 1.91 bits per heavy atom. The summed E-state index contributed by atoms with van der Waals surface area (Å²) in [6.45, 7) is 3.85. The van der Waals surface area contributed by atoms with Crippen molar-refractivity contribution in [2.75, 3.05) is 0 Å². The molecule has 0 fully saturated rings. The first kappa shape index (κ1) is 15.9. The fourth-order valence-corrected chi connectivity index (χ4v) is 3.79. The highest BCUT2D eigenvalue weighted by Crippen LogP contribution is 2.40. The minimum absolute atomic E-state index is 0.0571. The van der Waals surface area contributed by atoms with Gasteiger partial charge in [-0.2, -0.15) is 0 Å². The van der Waals surface area contributed by atoms with Crippen LogP contribution in [0.4, 0.5) is 0 Å². The van der Waals surface area contributed by atoms with E-state index in [2.05, 4.69) is 4.98 Å². The van der Waals surface area contributed by atoms with Crippen LogP contribution in [0, 0.1) is 6.92 Å². The lowest BCUT2D eigenvalue weighted by Crippen LogP contribution is -1.95. The highest BCUT2D eigenvalue weighted by Gasteiger charge is 2.19. The van der Waals surface area contributed by atoms with Crippen LogP contribution in [0.15, 0.2) is 48.5 Å². The van der Waals surface area contributed by atoms with Crippen molar-refractivity contribution >= 4 is 28.7 Å². The van der Waals surface area contributed by atoms with E-state index in [9.17, 15) is 4.79 Å². The molecular weight excluding hydrogens is 326 g/mol. The zero-order chi connectivity index (χ0) is 16.4. The van der Waals surface area contributed by atoms with E-state index < -0.39 is 0 Å². The molecule has 116 valence electrons. The van der Waals surface area contributed by atoms with Crippen LogP contribution >= 0.6 is 22.9 Å². The Morgan fingerprint density at radius 3 is 2.57 bits per heavy atom. The molecule has 0 bridgehead atoms. The smallest absolute Gasteiger partial charge is 0.191 e. The maximum atomic E-state index is 12.1. The normalized spacial score (nSPS) is 10.7. The van der Waals surface area contributed by atoms with Gasteiger partial charge in [-0.25, -0.2) is 4.98 Å². The van der Waals surface area contributed by atoms with Gasteiger partial charge in [0, 0.05) is 12.0 Å². The van der Waals surface area contributed by atoms with E-state index in [0.717, 1.165) is 27.3 Å². The summed E-state index contributed by atoms with van der Waals surface area (Å²) in [5.74, 6) is 0.0571. The van der Waals surface area contributed by atoms with Crippen LogP contribution in [0.5, 0.6) is 0 Å². The Hall–Kier alpha value is -1.97. The number of halogens is 1. The predicted octanol–water partition coefficient (Wildman–Crippen LogP) is 6.03. The van der Waals surface area contributed by atoms with Crippen LogP contribution in [0.1, 0.15) is 28.7 Å². The molecule has 2 aromatic carbocycles. The van der Waals surface area contributed by atoms with E-state index in [1.165, 1.54) is 11.3 Å². The molecule has 1 heterocycles. The fourth-order valence-electron chi connectivity index (χ4n) is 2.37. The molecule has 0 unspecified atom stereocenters. The molecule has 0 amide bonds. The Bertz CT molecular complexity index is 855. The molecule has 3 rings (SSSR count). The number of carbonyl (C=O) groups excluding carboxylic acids is 1. The second-order valence-corrected chi connectivity index (χ2v) is 6.73. The summed E-state index contributed by atoms with van der Waals surface area (Å²) in [4.78, 5) is 17.7. The van der Waals surface area contributed by atoms with Crippen molar-refractivity contribution in [1.82, 2.24) is 4.98 Å². The number of hydrogen-bond acceptors (Lipinski definition) is 3. The molecular formula is C19H16ClNOS. The van der Waals surface area contributed by atoms with Gasteiger partial charge in [0.2, 0.25) is 0 Å². The molecule has 0 aliphatic rings. The fraction of sp³-hybridized carbons (Fsp3) is 0.158. The molecule has 0 radical (unpaired) electrons. The number of rotatable bonds is 4. The second-order valence-electron chi connectivity index (χ2n) is 5.32. The van der Waals surface area contributed by atoms with E-state index >= 15 is 0 Å². The largest absolute Gasteiger partial charge is 0.292 e. The zero-order valence-corrected chi connectivity index (χ0v) is 14.5. The SMILES string of the molecule is CCC(=O)c1nc(-c2ccc(C)cc2Cl)c(-c2ccccc2)s1. The standard InChI is InChI=1S/C19H16ClNOS/c1-3-16(22)19-21-17(14-10-9-12(2)11-15(14)20)18(23-19)13-7-5-4-6-8-13/h4-11H,3H2,1-2H3. The highest BCUT2D eigenvalue weighted by atomic mass is 35.5. The van der Waals surface area contributed by atoms with Gasteiger partial charge in [0.1, 0.15) is 0 Å². The van der Waals surface area contributed by atoms with E-state index in [1.807, 2.05) is 62.4 Å². The monoisotopic (exact) mass is 341 g/mol. The second kappa shape index (κ2) is 6.65. The molecule has 0 saturated heterocycles. The molecule has 0 saturated carbocycles. The minimum atomic E-state index is 0.0571. The van der Waals surface area contributed by atoms with Crippen LogP contribution < -0.4 is 0 Å². The first-order valence-electron chi connectivity index (χ1n) is 7.46. The number of aromatic nitrogens is 1. The molecule has 0 atom stereocenters. The molecule has 0 aliphatic heterocycles. The average Bonchev–Trinajstić information content (AvgIpc) is 3.00. The lowest BCUT2D eigenvalue weighted by Gasteiger charge is -2.06. The Labute approximate surface area is 144 Å². The predicted molar refractivity (Wildman–Crippen MR) is 97.4 cm³/mol. The van der Waals surface area contributed by atoms with Crippen molar-refractivity contribution in [2.24, 2.45) is 0 Å². The van der Waals surface area contributed by atoms with Crippen LogP contribution in [0.25, 0.3) is 21.7 Å². The summed E-state index contributed by atoms with van der Waals surface area (Å²) in [6.07, 6.45) is 0.447. The number of aryl methyl sites for hydroxylation is 1. The maximum Gasteiger partial charge on any atom is 0.191 e. The van der Waals surface area contributed by atoms with Gasteiger partial charge in [0.05, 0.1) is 15.6 Å². The quantitative estimate of drug-likeness (QED) is 0.542. The first-order valence-corrected chi connectivity index (χ1v) is 8.65.